The van der Waals surface area contributed by atoms with Crippen LogP contribution in [0.1, 0.15) is 21.6 Å². The van der Waals surface area contributed by atoms with Crippen LogP contribution in [0.15, 0.2) is 52.8 Å². The Balaban J connectivity index is 1.85. The van der Waals surface area contributed by atoms with Crippen molar-refractivity contribution < 1.29 is 9.72 Å². The van der Waals surface area contributed by atoms with E-state index >= 15 is 0 Å². The van der Waals surface area contributed by atoms with Crippen molar-refractivity contribution in [3.05, 3.63) is 85.3 Å². The summed E-state index contributed by atoms with van der Waals surface area (Å²) in [5, 5.41) is 15.7. The topological polar surface area (TPSA) is 107 Å². The van der Waals surface area contributed by atoms with Gasteiger partial charge in [-0.3, -0.25) is 25.0 Å². The number of aryl methyl sites for hydroxylation is 1. The molecule has 0 unspecified atom stereocenters. The van der Waals surface area contributed by atoms with Gasteiger partial charge in [0.05, 0.1) is 17.2 Å². The Kier molecular flexibility index (Phi) is 4.90. The number of carbonyl (C=O) groups excluding carboxylic acids is 1. The van der Waals surface area contributed by atoms with Crippen molar-refractivity contribution in [2.24, 2.45) is 0 Å². The number of hydrogen-bond acceptors (Lipinski definition) is 6. The predicted octanol–water partition coefficient (Wildman–Crippen LogP) is 2.82. The number of amides is 1. The average molecular weight is 370 g/mol. The summed E-state index contributed by atoms with van der Waals surface area (Å²) in [5.74, 6) is -0.544. The highest BCUT2D eigenvalue weighted by atomic mass is 32.1. The number of pyridine rings is 1. The molecule has 0 atom stereocenters. The molecule has 1 amide bonds. The molecule has 0 radical (unpaired) electrons. The van der Waals surface area contributed by atoms with Gasteiger partial charge in [-0.15, -0.1) is 11.3 Å². The first kappa shape index (κ1) is 17.5. The monoisotopic (exact) mass is 370 g/mol. The normalized spacial score (nSPS) is 10.5. The minimum Gasteiger partial charge on any atom is -0.310 e. The van der Waals surface area contributed by atoms with Crippen LogP contribution in [0.2, 0.25) is 0 Å². The van der Waals surface area contributed by atoms with Gasteiger partial charge in [0, 0.05) is 23.7 Å². The first-order chi connectivity index (χ1) is 12.4. The highest BCUT2D eigenvalue weighted by Gasteiger charge is 2.14. The maximum atomic E-state index is 12.6. The van der Waals surface area contributed by atoms with Gasteiger partial charge in [-0.05, 0) is 24.6 Å². The molecule has 1 aromatic carbocycles. The van der Waals surface area contributed by atoms with Crippen molar-refractivity contribution in [2.75, 3.05) is 5.32 Å². The molecule has 2 heterocycles. The molecule has 0 saturated heterocycles. The number of nitro groups is 1. The number of nitrogens with zero attached hydrogens (tertiary/aromatic N) is 3. The molecule has 0 fully saturated rings. The Morgan fingerprint density at radius 2 is 2.15 bits per heavy atom. The molecular formula is C17H14N4O4S. The van der Waals surface area contributed by atoms with Crippen LogP contribution in [0.5, 0.6) is 0 Å². The molecule has 0 aliphatic carbocycles. The lowest BCUT2D eigenvalue weighted by Gasteiger charge is -2.08. The number of thiazole rings is 1. The molecule has 2 aromatic heterocycles. The summed E-state index contributed by atoms with van der Waals surface area (Å²) in [6, 6.07) is 9.04. The van der Waals surface area contributed by atoms with Crippen LogP contribution in [-0.4, -0.2) is 20.4 Å². The molecule has 3 aromatic rings. The number of aromatic nitrogens is 2. The van der Waals surface area contributed by atoms with E-state index in [9.17, 15) is 19.7 Å². The number of rotatable bonds is 5. The third-order valence-corrected chi connectivity index (χ3v) is 4.45. The molecule has 9 heteroatoms. The summed E-state index contributed by atoms with van der Waals surface area (Å²) in [6.07, 6.45) is 1.53. The zero-order valence-corrected chi connectivity index (χ0v) is 14.5. The van der Waals surface area contributed by atoms with Gasteiger partial charge in [0.2, 0.25) is 0 Å². The molecule has 0 aliphatic rings. The molecule has 0 aliphatic heterocycles. The highest BCUT2D eigenvalue weighted by Crippen LogP contribution is 2.16. The van der Waals surface area contributed by atoms with Gasteiger partial charge in [-0.25, -0.2) is 4.98 Å². The summed E-state index contributed by atoms with van der Waals surface area (Å²) >= 11 is 1.27. The number of benzene rings is 1. The minimum absolute atomic E-state index is 0.0224. The van der Waals surface area contributed by atoms with E-state index in [4.69, 9.17) is 0 Å². The van der Waals surface area contributed by atoms with Crippen LogP contribution in [0.25, 0.3) is 0 Å². The van der Waals surface area contributed by atoms with Gasteiger partial charge in [0.25, 0.3) is 17.2 Å². The van der Waals surface area contributed by atoms with Crippen molar-refractivity contribution in [1.29, 1.82) is 0 Å². The fraction of sp³-hybridized carbons (Fsp3) is 0.118. The second-order valence-electron chi connectivity index (χ2n) is 5.53. The van der Waals surface area contributed by atoms with E-state index in [0.29, 0.717) is 10.7 Å². The van der Waals surface area contributed by atoms with Crippen LogP contribution in [0.3, 0.4) is 0 Å². The lowest BCUT2D eigenvalue weighted by atomic mass is 10.2. The van der Waals surface area contributed by atoms with Gasteiger partial charge in [-0.1, -0.05) is 12.1 Å². The third-order valence-electron chi connectivity index (χ3n) is 3.58. The fourth-order valence-electron chi connectivity index (χ4n) is 2.38. The maximum absolute atomic E-state index is 12.6. The number of carbonyl (C=O) groups is 1. The van der Waals surface area contributed by atoms with Crippen LogP contribution in [0, 0.1) is 17.0 Å². The first-order valence-electron chi connectivity index (χ1n) is 7.60. The minimum atomic E-state index is -0.544. The molecular weight excluding hydrogens is 356 g/mol. The number of nitro benzene ring substituents is 1. The van der Waals surface area contributed by atoms with Gasteiger partial charge >= 0.3 is 0 Å². The smallest absolute Gasteiger partial charge is 0.269 e. The summed E-state index contributed by atoms with van der Waals surface area (Å²) in [7, 11) is 0. The van der Waals surface area contributed by atoms with Crippen molar-refractivity contribution >= 4 is 28.1 Å². The number of anilines is 1. The van der Waals surface area contributed by atoms with Gasteiger partial charge in [-0.2, -0.15) is 0 Å². The van der Waals surface area contributed by atoms with E-state index in [0.717, 1.165) is 5.69 Å². The van der Waals surface area contributed by atoms with Gasteiger partial charge in [0.15, 0.2) is 5.13 Å². The van der Waals surface area contributed by atoms with E-state index in [2.05, 4.69) is 10.3 Å². The Bertz CT molecular complexity index is 1040. The SMILES string of the molecule is Cc1csc(NC(=O)c2cccn(Cc3cccc([N+](=O)[O-])c3)c2=O)n1. The number of non-ortho nitro benzene ring substituents is 1. The van der Waals surface area contributed by atoms with Crippen molar-refractivity contribution in [3.8, 4) is 0 Å². The quantitative estimate of drug-likeness (QED) is 0.549. The van der Waals surface area contributed by atoms with Gasteiger partial charge < -0.3 is 4.57 Å². The van der Waals surface area contributed by atoms with E-state index in [1.807, 2.05) is 0 Å². The van der Waals surface area contributed by atoms with E-state index < -0.39 is 16.4 Å². The second kappa shape index (κ2) is 7.28. The summed E-state index contributed by atoms with van der Waals surface area (Å²) in [4.78, 5) is 39.4. The molecule has 1 N–H and O–H groups in total. The average Bonchev–Trinajstić information content (AvgIpc) is 3.01. The Labute approximate surface area is 151 Å². The first-order valence-corrected chi connectivity index (χ1v) is 8.48. The second-order valence-corrected chi connectivity index (χ2v) is 6.39. The molecule has 26 heavy (non-hydrogen) atoms. The maximum Gasteiger partial charge on any atom is 0.269 e. The molecule has 3 rings (SSSR count). The zero-order valence-electron chi connectivity index (χ0n) is 13.7. The van der Waals surface area contributed by atoms with E-state index in [-0.39, 0.29) is 17.8 Å². The Morgan fingerprint density at radius 1 is 1.35 bits per heavy atom. The lowest BCUT2D eigenvalue weighted by Crippen LogP contribution is -2.29. The standard InChI is InChI=1S/C17H14N4O4S/c1-11-10-26-17(18-11)19-15(22)14-6-3-7-20(16(14)23)9-12-4-2-5-13(8-12)21(24)25/h2-8,10H,9H2,1H3,(H,18,19,22). The molecule has 8 nitrogen and oxygen atoms in total. The third kappa shape index (κ3) is 3.83. The van der Waals surface area contributed by atoms with E-state index in [1.54, 1.807) is 30.5 Å². The molecule has 0 bridgehead atoms. The zero-order chi connectivity index (χ0) is 18.7. The van der Waals surface area contributed by atoms with Crippen LogP contribution >= 0.6 is 11.3 Å². The predicted molar refractivity (Wildman–Crippen MR) is 97.7 cm³/mol. The number of nitrogens with one attached hydrogen (secondary N) is 1. The fourth-order valence-corrected chi connectivity index (χ4v) is 3.06. The molecule has 132 valence electrons. The summed E-state index contributed by atoms with van der Waals surface area (Å²) < 4.78 is 1.33. The van der Waals surface area contributed by atoms with Gasteiger partial charge in [0.1, 0.15) is 5.56 Å². The lowest BCUT2D eigenvalue weighted by molar-refractivity contribution is -0.384. The molecule has 0 saturated carbocycles. The van der Waals surface area contributed by atoms with Crippen molar-refractivity contribution in [3.63, 3.8) is 0 Å². The Hall–Kier alpha value is -3.33. The van der Waals surface area contributed by atoms with Crippen molar-refractivity contribution in [1.82, 2.24) is 9.55 Å². The molecule has 0 spiro atoms. The largest absolute Gasteiger partial charge is 0.310 e. The van der Waals surface area contributed by atoms with E-state index in [1.165, 1.54) is 40.3 Å². The van der Waals surface area contributed by atoms with Crippen LogP contribution in [0.4, 0.5) is 10.8 Å². The summed E-state index contributed by atoms with van der Waals surface area (Å²) in [5.41, 5.74) is 0.815. The van der Waals surface area contributed by atoms with Crippen molar-refractivity contribution in [2.45, 2.75) is 13.5 Å². The number of hydrogen-bond donors (Lipinski definition) is 1. The van der Waals surface area contributed by atoms with Crippen LogP contribution in [-0.2, 0) is 6.54 Å². The summed E-state index contributed by atoms with van der Waals surface area (Å²) in [6.45, 7) is 1.93. The van der Waals surface area contributed by atoms with Crippen LogP contribution < -0.4 is 10.9 Å². The highest BCUT2D eigenvalue weighted by molar-refractivity contribution is 7.13. The Morgan fingerprint density at radius 3 is 2.85 bits per heavy atom.